The van der Waals surface area contributed by atoms with Crippen molar-refractivity contribution in [2.75, 3.05) is 0 Å². The van der Waals surface area contributed by atoms with Crippen molar-refractivity contribution in [3.05, 3.63) is 152 Å². The fraction of sp³-hybridized carbons (Fsp3) is 0. The van der Waals surface area contributed by atoms with Gasteiger partial charge in [-0.25, -0.2) is 15.0 Å². The standard InChI is InChI=1S/C41H25N3O/c1-3-12-27(13-4-1)39-42-40(28-14-5-2-6-15-28)44-41(43-39)34-19-10-20-36-38(34)35-24-29-21-22-30(23-31(29)25-37(35)45-36)33-18-9-16-26-11-7-8-17-32(26)33/h1-25H. The van der Waals surface area contributed by atoms with Crippen molar-refractivity contribution >= 4 is 43.5 Å². The third-order valence-electron chi connectivity index (χ3n) is 8.50. The van der Waals surface area contributed by atoms with Crippen molar-refractivity contribution in [3.8, 4) is 45.3 Å². The van der Waals surface area contributed by atoms with Gasteiger partial charge in [-0.3, -0.25) is 0 Å². The SMILES string of the molecule is c1ccc(-c2nc(-c3ccccc3)nc(-c3cccc4oc5cc6cc(-c7cccc8ccccc78)ccc6cc5c34)n2)cc1. The Hall–Kier alpha value is -6.13. The quantitative estimate of drug-likeness (QED) is 0.209. The summed E-state index contributed by atoms with van der Waals surface area (Å²) in [6, 6.07) is 52.3. The predicted molar refractivity (Wildman–Crippen MR) is 184 cm³/mol. The molecule has 9 rings (SSSR count). The lowest BCUT2D eigenvalue weighted by atomic mass is 9.95. The topological polar surface area (TPSA) is 51.8 Å². The Balaban J connectivity index is 1.24. The van der Waals surface area contributed by atoms with Crippen LogP contribution in [0.15, 0.2) is 156 Å². The number of hydrogen-bond acceptors (Lipinski definition) is 4. The van der Waals surface area contributed by atoms with Crippen LogP contribution in [0.25, 0.3) is 88.8 Å². The molecule has 45 heavy (non-hydrogen) atoms. The Morgan fingerprint density at radius 1 is 0.356 bits per heavy atom. The van der Waals surface area contributed by atoms with E-state index in [1.807, 2.05) is 72.8 Å². The largest absolute Gasteiger partial charge is 0.456 e. The highest BCUT2D eigenvalue weighted by Crippen LogP contribution is 2.39. The van der Waals surface area contributed by atoms with Gasteiger partial charge in [0, 0.05) is 27.5 Å². The van der Waals surface area contributed by atoms with Crippen molar-refractivity contribution in [3.63, 3.8) is 0 Å². The molecule has 0 bridgehead atoms. The van der Waals surface area contributed by atoms with E-state index in [0.29, 0.717) is 17.5 Å². The predicted octanol–water partition coefficient (Wildman–Crippen LogP) is 10.7. The van der Waals surface area contributed by atoms with E-state index in [2.05, 4.69) is 78.9 Å². The summed E-state index contributed by atoms with van der Waals surface area (Å²) in [5, 5.41) is 6.79. The van der Waals surface area contributed by atoms with Gasteiger partial charge in [0.05, 0.1) is 0 Å². The Bertz CT molecular complexity index is 2470. The first kappa shape index (κ1) is 25.4. The molecule has 0 amide bonds. The summed E-state index contributed by atoms with van der Waals surface area (Å²) in [6.45, 7) is 0. The summed E-state index contributed by atoms with van der Waals surface area (Å²) in [7, 11) is 0. The van der Waals surface area contributed by atoms with Crippen LogP contribution in [0.2, 0.25) is 0 Å². The van der Waals surface area contributed by atoms with Gasteiger partial charge in [-0.05, 0) is 56.9 Å². The maximum atomic E-state index is 6.50. The molecular weight excluding hydrogens is 550 g/mol. The van der Waals surface area contributed by atoms with Crippen LogP contribution in [0, 0.1) is 0 Å². The lowest BCUT2D eigenvalue weighted by Gasteiger charge is -2.09. The fourth-order valence-corrected chi connectivity index (χ4v) is 6.33. The molecular formula is C41H25N3O. The van der Waals surface area contributed by atoms with Crippen molar-refractivity contribution in [2.45, 2.75) is 0 Å². The van der Waals surface area contributed by atoms with Crippen LogP contribution in [0.3, 0.4) is 0 Å². The minimum Gasteiger partial charge on any atom is -0.456 e. The maximum Gasteiger partial charge on any atom is 0.164 e. The second-order valence-electron chi connectivity index (χ2n) is 11.3. The molecule has 0 aliphatic carbocycles. The van der Waals surface area contributed by atoms with Crippen molar-refractivity contribution in [2.24, 2.45) is 0 Å². The van der Waals surface area contributed by atoms with Gasteiger partial charge in [-0.2, -0.15) is 0 Å². The zero-order chi connectivity index (χ0) is 29.7. The zero-order valence-electron chi connectivity index (χ0n) is 24.2. The van der Waals surface area contributed by atoms with Crippen LogP contribution >= 0.6 is 0 Å². The maximum absolute atomic E-state index is 6.50. The minimum absolute atomic E-state index is 0.613. The minimum atomic E-state index is 0.613. The number of furan rings is 1. The molecule has 0 saturated carbocycles. The van der Waals surface area contributed by atoms with Gasteiger partial charge in [0.15, 0.2) is 17.5 Å². The smallest absolute Gasteiger partial charge is 0.164 e. The van der Waals surface area contributed by atoms with E-state index in [4.69, 9.17) is 19.4 Å². The highest BCUT2D eigenvalue weighted by atomic mass is 16.3. The van der Waals surface area contributed by atoms with Crippen molar-refractivity contribution in [1.29, 1.82) is 0 Å². The summed E-state index contributed by atoms with van der Waals surface area (Å²) in [5.74, 6) is 1.88. The number of benzene rings is 7. The molecule has 210 valence electrons. The van der Waals surface area contributed by atoms with E-state index in [-0.39, 0.29) is 0 Å². The highest BCUT2D eigenvalue weighted by Gasteiger charge is 2.18. The first-order valence-electron chi connectivity index (χ1n) is 15.0. The summed E-state index contributed by atoms with van der Waals surface area (Å²) < 4.78 is 6.50. The van der Waals surface area contributed by atoms with E-state index >= 15 is 0 Å². The van der Waals surface area contributed by atoms with Gasteiger partial charge < -0.3 is 4.42 Å². The Morgan fingerprint density at radius 2 is 1.00 bits per heavy atom. The van der Waals surface area contributed by atoms with Gasteiger partial charge in [0.2, 0.25) is 0 Å². The van der Waals surface area contributed by atoms with Crippen LogP contribution in [0.4, 0.5) is 0 Å². The van der Waals surface area contributed by atoms with Crippen LogP contribution in [-0.4, -0.2) is 15.0 Å². The summed E-state index contributed by atoms with van der Waals surface area (Å²) in [6.07, 6.45) is 0. The molecule has 0 atom stereocenters. The van der Waals surface area contributed by atoms with Crippen molar-refractivity contribution < 1.29 is 4.42 Å². The molecule has 0 N–H and O–H groups in total. The van der Waals surface area contributed by atoms with Gasteiger partial charge in [-0.15, -0.1) is 0 Å². The van der Waals surface area contributed by atoms with Crippen LogP contribution in [0.5, 0.6) is 0 Å². The molecule has 0 fully saturated rings. The number of nitrogens with zero attached hydrogens (tertiary/aromatic N) is 3. The number of hydrogen-bond donors (Lipinski definition) is 0. The van der Waals surface area contributed by atoms with Crippen LogP contribution in [-0.2, 0) is 0 Å². The Labute approximate surface area is 259 Å². The summed E-state index contributed by atoms with van der Waals surface area (Å²) >= 11 is 0. The monoisotopic (exact) mass is 575 g/mol. The van der Waals surface area contributed by atoms with E-state index < -0.39 is 0 Å². The Kier molecular flexibility index (Phi) is 5.78. The lowest BCUT2D eigenvalue weighted by Crippen LogP contribution is -2.00. The van der Waals surface area contributed by atoms with E-state index in [0.717, 1.165) is 49.4 Å². The third kappa shape index (κ3) is 4.35. The lowest BCUT2D eigenvalue weighted by molar-refractivity contribution is 0.669. The molecule has 4 nitrogen and oxygen atoms in total. The molecule has 0 spiro atoms. The second kappa shape index (κ2) is 10.2. The van der Waals surface area contributed by atoms with Gasteiger partial charge in [-0.1, -0.05) is 127 Å². The average molecular weight is 576 g/mol. The molecule has 0 radical (unpaired) electrons. The first-order chi connectivity index (χ1) is 22.3. The number of rotatable bonds is 4. The molecule has 4 heteroatoms. The number of fused-ring (bicyclic) bond motifs is 5. The normalized spacial score (nSPS) is 11.6. The van der Waals surface area contributed by atoms with Gasteiger partial charge >= 0.3 is 0 Å². The molecule has 2 aromatic heterocycles. The highest BCUT2D eigenvalue weighted by molar-refractivity contribution is 6.15. The molecule has 0 unspecified atom stereocenters. The third-order valence-corrected chi connectivity index (χ3v) is 8.50. The molecule has 0 aliphatic heterocycles. The molecule has 0 saturated heterocycles. The molecule has 9 aromatic rings. The molecule has 2 heterocycles. The molecule has 0 aliphatic rings. The number of aromatic nitrogens is 3. The summed E-state index contributed by atoms with van der Waals surface area (Å²) in [4.78, 5) is 14.9. The van der Waals surface area contributed by atoms with Crippen LogP contribution < -0.4 is 0 Å². The van der Waals surface area contributed by atoms with E-state index in [9.17, 15) is 0 Å². The van der Waals surface area contributed by atoms with Gasteiger partial charge in [0.25, 0.3) is 0 Å². The van der Waals surface area contributed by atoms with E-state index in [1.54, 1.807) is 0 Å². The zero-order valence-corrected chi connectivity index (χ0v) is 24.2. The van der Waals surface area contributed by atoms with Crippen LogP contribution in [0.1, 0.15) is 0 Å². The summed E-state index contributed by atoms with van der Waals surface area (Å²) in [5.41, 5.74) is 6.83. The Morgan fingerprint density at radius 3 is 1.78 bits per heavy atom. The van der Waals surface area contributed by atoms with Crippen molar-refractivity contribution in [1.82, 2.24) is 15.0 Å². The van der Waals surface area contributed by atoms with E-state index in [1.165, 1.54) is 21.9 Å². The molecule has 7 aromatic carbocycles. The second-order valence-corrected chi connectivity index (χ2v) is 11.3. The first-order valence-corrected chi connectivity index (χ1v) is 15.0. The average Bonchev–Trinajstić information content (AvgIpc) is 3.48. The van der Waals surface area contributed by atoms with Gasteiger partial charge in [0.1, 0.15) is 11.2 Å². The fourth-order valence-electron chi connectivity index (χ4n) is 6.33.